The summed E-state index contributed by atoms with van der Waals surface area (Å²) in [6.45, 7) is 4.16. The van der Waals surface area contributed by atoms with Crippen molar-refractivity contribution in [1.82, 2.24) is 19.5 Å². The highest BCUT2D eigenvalue weighted by Gasteiger charge is 2.19. The van der Waals surface area contributed by atoms with Crippen LogP contribution in [0.4, 0.5) is 0 Å². The maximum Gasteiger partial charge on any atom is 0.164 e. The van der Waals surface area contributed by atoms with Gasteiger partial charge in [0.1, 0.15) is 0 Å². The second-order valence-electron chi connectivity index (χ2n) is 10.1. The average molecular weight is 537 g/mol. The van der Waals surface area contributed by atoms with E-state index in [1.807, 2.05) is 18.2 Å². The number of fused-ring (bicyclic) bond motifs is 3. The fraction of sp³-hybridized carbons (Fsp3) is 0.0571. The zero-order valence-corrected chi connectivity index (χ0v) is 22.9. The van der Waals surface area contributed by atoms with Gasteiger partial charge in [-0.15, -0.1) is 0 Å². The van der Waals surface area contributed by atoms with E-state index < -0.39 is 0 Å². The van der Waals surface area contributed by atoms with E-state index in [1.54, 1.807) is 0 Å². The molecule has 0 saturated heterocycles. The van der Waals surface area contributed by atoms with Crippen LogP contribution in [0.15, 0.2) is 115 Å². The van der Waals surface area contributed by atoms with Crippen LogP contribution in [0.1, 0.15) is 11.1 Å². The van der Waals surface area contributed by atoms with Crippen molar-refractivity contribution in [2.45, 2.75) is 13.8 Å². The number of nitrogens with zero attached hydrogens (tertiary/aromatic N) is 4. The van der Waals surface area contributed by atoms with Crippen molar-refractivity contribution in [1.29, 1.82) is 0 Å². The quantitative estimate of drug-likeness (QED) is 0.225. The van der Waals surface area contributed by atoms with Gasteiger partial charge in [-0.3, -0.25) is 0 Å². The number of halogens is 1. The molecule has 0 unspecified atom stereocenters. The molecule has 40 heavy (non-hydrogen) atoms. The summed E-state index contributed by atoms with van der Waals surface area (Å²) in [6, 6.07) is 39.3. The lowest BCUT2D eigenvalue weighted by molar-refractivity contribution is 1.08. The molecule has 0 saturated carbocycles. The van der Waals surface area contributed by atoms with E-state index in [1.165, 1.54) is 11.1 Å². The number of hydrogen-bond donors (Lipinski definition) is 0. The summed E-state index contributed by atoms with van der Waals surface area (Å²) in [4.78, 5) is 15.0. The second kappa shape index (κ2) is 9.74. The SMILES string of the molecule is Cc1ccc(-c2nc(-c3ccc(C)cc3)nc(-c3cccc4c3c3cc(Cl)ccc3n4-c3ccccc3)n2)cc1. The van der Waals surface area contributed by atoms with E-state index in [4.69, 9.17) is 26.6 Å². The largest absolute Gasteiger partial charge is 0.309 e. The minimum Gasteiger partial charge on any atom is -0.309 e. The lowest BCUT2D eigenvalue weighted by Crippen LogP contribution is -2.00. The van der Waals surface area contributed by atoms with E-state index in [2.05, 4.69) is 115 Å². The van der Waals surface area contributed by atoms with Gasteiger partial charge in [0.15, 0.2) is 17.5 Å². The van der Waals surface area contributed by atoms with Crippen LogP contribution >= 0.6 is 11.6 Å². The Morgan fingerprint density at radius 3 is 1.77 bits per heavy atom. The fourth-order valence-electron chi connectivity index (χ4n) is 5.24. The summed E-state index contributed by atoms with van der Waals surface area (Å²) < 4.78 is 2.27. The van der Waals surface area contributed by atoms with Crippen molar-refractivity contribution in [2.75, 3.05) is 0 Å². The van der Waals surface area contributed by atoms with Crippen molar-refractivity contribution in [3.63, 3.8) is 0 Å². The molecule has 0 atom stereocenters. The van der Waals surface area contributed by atoms with Crippen molar-refractivity contribution in [2.24, 2.45) is 0 Å². The molecule has 192 valence electrons. The van der Waals surface area contributed by atoms with Gasteiger partial charge in [0, 0.05) is 38.2 Å². The number of rotatable bonds is 4. The second-order valence-corrected chi connectivity index (χ2v) is 10.5. The van der Waals surface area contributed by atoms with Crippen LogP contribution in [0.25, 0.3) is 61.7 Å². The number of hydrogen-bond acceptors (Lipinski definition) is 3. The maximum atomic E-state index is 6.56. The molecule has 0 aliphatic carbocycles. The van der Waals surface area contributed by atoms with Crippen molar-refractivity contribution < 1.29 is 0 Å². The molecule has 0 bridgehead atoms. The number of benzene rings is 5. The molecule has 0 aliphatic rings. The first kappa shape index (κ1) is 24.3. The standard InChI is InChI=1S/C35H25ClN4/c1-22-11-15-24(16-12-22)33-37-34(25-17-13-23(2)14-18-25)39-35(38-33)28-9-6-10-31-32(28)29-21-26(36)19-20-30(29)40(31)27-7-4-3-5-8-27/h3-21H,1-2H3. The zero-order valence-electron chi connectivity index (χ0n) is 22.1. The van der Waals surface area contributed by atoms with E-state index in [0.717, 1.165) is 44.2 Å². The summed E-state index contributed by atoms with van der Waals surface area (Å²) in [5.74, 6) is 1.91. The first-order valence-electron chi connectivity index (χ1n) is 13.2. The molecule has 5 heteroatoms. The summed E-state index contributed by atoms with van der Waals surface area (Å²) in [6.07, 6.45) is 0. The Hall–Kier alpha value is -4.80. The van der Waals surface area contributed by atoms with E-state index in [-0.39, 0.29) is 0 Å². The van der Waals surface area contributed by atoms with Crippen LogP contribution in [0.5, 0.6) is 0 Å². The monoisotopic (exact) mass is 536 g/mol. The molecule has 7 rings (SSSR count). The molecule has 4 nitrogen and oxygen atoms in total. The van der Waals surface area contributed by atoms with Crippen molar-refractivity contribution in [3.8, 4) is 39.9 Å². The molecule has 5 aromatic carbocycles. The fourth-order valence-corrected chi connectivity index (χ4v) is 5.42. The highest BCUT2D eigenvalue weighted by atomic mass is 35.5. The molecular formula is C35H25ClN4. The summed E-state index contributed by atoms with van der Waals surface area (Å²) in [5.41, 5.74) is 8.43. The summed E-state index contributed by atoms with van der Waals surface area (Å²) in [7, 11) is 0. The Labute approximate surface area is 237 Å². The zero-order chi connectivity index (χ0) is 27.2. The van der Waals surface area contributed by atoms with Gasteiger partial charge in [0.05, 0.1) is 11.0 Å². The third-order valence-electron chi connectivity index (χ3n) is 7.26. The molecule has 0 spiro atoms. The third-order valence-corrected chi connectivity index (χ3v) is 7.50. The normalized spacial score (nSPS) is 11.4. The molecule has 7 aromatic rings. The van der Waals surface area contributed by atoms with Crippen molar-refractivity contribution in [3.05, 3.63) is 131 Å². The van der Waals surface area contributed by atoms with Gasteiger partial charge in [0.2, 0.25) is 0 Å². The lowest BCUT2D eigenvalue weighted by atomic mass is 10.1. The van der Waals surface area contributed by atoms with Crippen LogP contribution < -0.4 is 0 Å². The van der Waals surface area contributed by atoms with Gasteiger partial charge in [0.25, 0.3) is 0 Å². The smallest absolute Gasteiger partial charge is 0.164 e. The molecule has 0 radical (unpaired) electrons. The molecule has 0 amide bonds. The molecule has 2 heterocycles. The van der Waals surface area contributed by atoms with Crippen LogP contribution in [0.3, 0.4) is 0 Å². The van der Waals surface area contributed by atoms with Gasteiger partial charge >= 0.3 is 0 Å². The number of aryl methyl sites for hydroxylation is 2. The van der Waals surface area contributed by atoms with E-state index in [0.29, 0.717) is 22.5 Å². The Morgan fingerprint density at radius 1 is 0.550 bits per heavy atom. The Bertz CT molecular complexity index is 1940. The average Bonchev–Trinajstić information content (AvgIpc) is 3.32. The van der Waals surface area contributed by atoms with Crippen LogP contribution in [-0.4, -0.2) is 19.5 Å². The van der Waals surface area contributed by atoms with Gasteiger partial charge in [-0.05, 0) is 50.2 Å². The number of aromatic nitrogens is 4. The first-order chi connectivity index (χ1) is 19.5. The topological polar surface area (TPSA) is 43.6 Å². The predicted octanol–water partition coefficient (Wildman–Crippen LogP) is 9.24. The highest BCUT2D eigenvalue weighted by Crippen LogP contribution is 2.39. The Balaban J connectivity index is 1.54. The predicted molar refractivity (Wildman–Crippen MR) is 165 cm³/mol. The molecule has 0 N–H and O–H groups in total. The summed E-state index contributed by atoms with van der Waals surface area (Å²) >= 11 is 6.56. The molecule has 0 fully saturated rings. The van der Waals surface area contributed by atoms with Crippen LogP contribution in [-0.2, 0) is 0 Å². The Kier molecular flexibility index (Phi) is 5.91. The minimum absolute atomic E-state index is 0.624. The first-order valence-corrected chi connectivity index (χ1v) is 13.6. The minimum atomic E-state index is 0.624. The van der Waals surface area contributed by atoms with Crippen molar-refractivity contribution >= 4 is 33.4 Å². The van der Waals surface area contributed by atoms with E-state index >= 15 is 0 Å². The maximum absolute atomic E-state index is 6.56. The summed E-state index contributed by atoms with van der Waals surface area (Å²) in [5, 5.41) is 2.79. The highest BCUT2D eigenvalue weighted by molar-refractivity contribution is 6.32. The van der Waals surface area contributed by atoms with Gasteiger partial charge in [-0.25, -0.2) is 15.0 Å². The molecular weight excluding hydrogens is 512 g/mol. The third kappa shape index (κ3) is 4.23. The molecule has 2 aromatic heterocycles. The van der Waals surface area contributed by atoms with Gasteiger partial charge in [-0.2, -0.15) is 0 Å². The number of para-hydroxylation sites is 1. The van der Waals surface area contributed by atoms with Gasteiger partial charge in [-0.1, -0.05) is 102 Å². The van der Waals surface area contributed by atoms with E-state index in [9.17, 15) is 0 Å². The van der Waals surface area contributed by atoms with Crippen LogP contribution in [0, 0.1) is 13.8 Å². The lowest BCUT2D eigenvalue weighted by Gasteiger charge is -2.10. The molecule has 0 aliphatic heterocycles. The van der Waals surface area contributed by atoms with Gasteiger partial charge < -0.3 is 4.57 Å². The Morgan fingerprint density at radius 2 is 1.15 bits per heavy atom. The van der Waals surface area contributed by atoms with Crippen LogP contribution in [0.2, 0.25) is 5.02 Å².